The zero-order valence-corrected chi connectivity index (χ0v) is 9.22. The fourth-order valence-corrected chi connectivity index (χ4v) is 1.44. The first-order chi connectivity index (χ1) is 7.08. The zero-order valence-electron chi connectivity index (χ0n) is 8.40. The molecule has 0 aliphatic rings. The lowest BCUT2D eigenvalue weighted by molar-refractivity contribution is 1.04. The van der Waals surface area contributed by atoms with Gasteiger partial charge in [-0.1, -0.05) is 0 Å². The Morgan fingerprint density at radius 3 is 2.33 bits per heavy atom. The van der Waals surface area contributed by atoms with Crippen molar-refractivity contribution in [2.45, 2.75) is 13.8 Å². The fraction of sp³-hybridized carbons (Fsp3) is 0.222. The first-order valence-corrected chi connectivity index (χ1v) is 5.12. The molecule has 0 saturated carbocycles. The van der Waals surface area contributed by atoms with E-state index in [1.54, 1.807) is 11.3 Å². The van der Waals surface area contributed by atoms with E-state index in [-0.39, 0.29) is 5.56 Å². The van der Waals surface area contributed by atoms with Gasteiger partial charge in [0.1, 0.15) is 0 Å². The maximum atomic E-state index is 10.2. The Bertz CT molecular complexity index is 484. The minimum absolute atomic E-state index is 0.381. The molecule has 6 heteroatoms. The predicted octanol–water partition coefficient (Wildman–Crippen LogP) is 0.823. The third-order valence-corrected chi connectivity index (χ3v) is 2.31. The fourth-order valence-electron chi connectivity index (χ4n) is 0.854. The molecule has 0 fully saturated rings. The topological polar surface area (TPSA) is 78.6 Å². The number of hydrogen-bond acceptors (Lipinski definition) is 4. The van der Waals surface area contributed by atoms with Crippen molar-refractivity contribution in [1.29, 1.82) is 0 Å². The Hall–Kier alpha value is -1.69. The minimum atomic E-state index is -0.475. The molecule has 0 spiro atoms. The summed E-state index contributed by atoms with van der Waals surface area (Å²) in [5.41, 5.74) is 0.272. The van der Waals surface area contributed by atoms with E-state index in [2.05, 4.69) is 15.3 Å². The Morgan fingerprint density at radius 1 is 1.33 bits per heavy atom. The lowest BCUT2D eigenvalue weighted by Gasteiger charge is -1.75. The van der Waals surface area contributed by atoms with Crippen LogP contribution in [0.25, 0.3) is 0 Å². The van der Waals surface area contributed by atoms with Gasteiger partial charge in [-0.3, -0.25) is 9.78 Å². The Labute approximate surface area is 89.8 Å². The summed E-state index contributed by atoms with van der Waals surface area (Å²) in [6.45, 7) is 4.02. The molecule has 80 valence electrons. The largest absolute Gasteiger partial charge is 0.325 e. The van der Waals surface area contributed by atoms with Crippen LogP contribution in [0, 0.1) is 13.8 Å². The summed E-state index contributed by atoms with van der Waals surface area (Å²) in [6.07, 6.45) is 1.29. The molecular weight excluding hydrogens is 214 g/mol. The molecule has 2 rings (SSSR count). The van der Waals surface area contributed by atoms with Crippen LogP contribution < -0.4 is 11.2 Å². The van der Waals surface area contributed by atoms with Crippen molar-refractivity contribution < 1.29 is 0 Å². The first-order valence-electron chi connectivity index (χ1n) is 4.24. The van der Waals surface area contributed by atoms with E-state index in [4.69, 9.17) is 0 Å². The summed E-state index contributed by atoms with van der Waals surface area (Å²) in [5.74, 6) is 0. The van der Waals surface area contributed by atoms with Crippen LogP contribution in [0.15, 0.2) is 27.2 Å². The van der Waals surface area contributed by atoms with Crippen molar-refractivity contribution in [3.63, 3.8) is 0 Å². The summed E-state index contributed by atoms with van der Waals surface area (Å²) >= 11 is 1.69. The van der Waals surface area contributed by atoms with Gasteiger partial charge < -0.3 is 4.98 Å². The molecule has 2 N–H and O–H groups in total. The second kappa shape index (κ2) is 5.26. The average Bonchev–Trinajstić information content (AvgIpc) is 2.50. The molecule has 2 heterocycles. The van der Waals surface area contributed by atoms with Crippen LogP contribution in [0.5, 0.6) is 0 Å². The van der Waals surface area contributed by atoms with Crippen LogP contribution in [-0.4, -0.2) is 15.0 Å². The Kier molecular flexibility index (Phi) is 3.99. The van der Waals surface area contributed by atoms with Crippen molar-refractivity contribution in [2.24, 2.45) is 0 Å². The van der Waals surface area contributed by atoms with E-state index in [1.807, 2.05) is 18.8 Å². The van der Waals surface area contributed by atoms with Gasteiger partial charge in [0.15, 0.2) is 0 Å². The van der Waals surface area contributed by atoms with E-state index < -0.39 is 5.69 Å². The van der Waals surface area contributed by atoms with Crippen molar-refractivity contribution in [1.82, 2.24) is 15.0 Å². The molecule has 0 unspecified atom stereocenters. The number of nitrogens with one attached hydrogen (secondary N) is 2. The molecule has 0 saturated heterocycles. The number of rotatable bonds is 0. The summed E-state index contributed by atoms with van der Waals surface area (Å²) in [5, 5.41) is 3.20. The molecule has 0 radical (unpaired) electrons. The lowest BCUT2D eigenvalue weighted by atomic mass is 10.6. The Balaban J connectivity index is 0.000000151. The maximum Gasteiger partial charge on any atom is 0.325 e. The van der Waals surface area contributed by atoms with E-state index in [9.17, 15) is 9.59 Å². The number of aromatic nitrogens is 3. The Morgan fingerprint density at radius 2 is 2.07 bits per heavy atom. The van der Waals surface area contributed by atoms with E-state index in [0.717, 1.165) is 10.7 Å². The molecule has 0 amide bonds. The highest BCUT2D eigenvalue weighted by atomic mass is 32.1. The highest BCUT2D eigenvalue weighted by Crippen LogP contribution is 2.04. The smallest absolute Gasteiger partial charge is 0.314 e. The number of aromatic amines is 2. The van der Waals surface area contributed by atoms with E-state index in [1.165, 1.54) is 12.3 Å². The van der Waals surface area contributed by atoms with Gasteiger partial charge in [0, 0.05) is 23.3 Å². The van der Waals surface area contributed by atoms with Crippen LogP contribution >= 0.6 is 11.3 Å². The van der Waals surface area contributed by atoms with Crippen LogP contribution in [0.3, 0.4) is 0 Å². The van der Waals surface area contributed by atoms with Gasteiger partial charge in [-0.2, -0.15) is 0 Å². The second-order valence-electron chi connectivity index (χ2n) is 2.80. The zero-order chi connectivity index (χ0) is 11.3. The maximum absolute atomic E-state index is 10.2. The molecular formula is C9H11N3O2S. The van der Waals surface area contributed by atoms with Crippen molar-refractivity contribution >= 4 is 11.3 Å². The molecule has 0 aromatic carbocycles. The van der Waals surface area contributed by atoms with Crippen LogP contribution in [-0.2, 0) is 0 Å². The number of thiazole rings is 1. The van der Waals surface area contributed by atoms with Gasteiger partial charge in [-0.05, 0) is 13.8 Å². The van der Waals surface area contributed by atoms with Crippen molar-refractivity contribution in [2.75, 3.05) is 0 Å². The summed E-state index contributed by atoms with van der Waals surface area (Å²) in [4.78, 5) is 28.8. The number of aryl methyl sites for hydroxylation is 2. The molecule has 0 aliphatic heterocycles. The highest BCUT2D eigenvalue weighted by Gasteiger charge is 1.86. The molecule has 2 aromatic rings. The normalized spacial score (nSPS) is 9.20. The summed E-state index contributed by atoms with van der Waals surface area (Å²) in [6, 6.07) is 1.24. The third kappa shape index (κ3) is 4.37. The van der Waals surface area contributed by atoms with Gasteiger partial charge >= 0.3 is 5.69 Å². The quantitative estimate of drug-likeness (QED) is 0.696. The van der Waals surface area contributed by atoms with E-state index >= 15 is 0 Å². The van der Waals surface area contributed by atoms with Gasteiger partial charge in [-0.25, -0.2) is 9.78 Å². The molecule has 0 bridgehead atoms. The van der Waals surface area contributed by atoms with Crippen LogP contribution in [0.2, 0.25) is 0 Å². The SMILES string of the molecule is Cc1csc(C)n1.O=c1cc[nH]c(=O)[nH]1. The first kappa shape index (κ1) is 11.4. The minimum Gasteiger partial charge on any atom is -0.314 e. The second-order valence-corrected chi connectivity index (χ2v) is 3.87. The van der Waals surface area contributed by atoms with Crippen LogP contribution in [0.4, 0.5) is 0 Å². The molecule has 15 heavy (non-hydrogen) atoms. The van der Waals surface area contributed by atoms with Gasteiger partial charge in [0.25, 0.3) is 5.56 Å². The van der Waals surface area contributed by atoms with Gasteiger partial charge in [-0.15, -0.1) is 11.3 Å². The van der Waals surface area contributed by atoms with Crippen molar-refractivity contribution in [3.8, 4) is 0 Å². The average molecular weight is 225 g/mol. The molecule has 2 aromatic heterocycles. The molecule has 0 aliphatic carbocycles. The van der Waals surface area contributed by atoms with Gasteiger partial charge in [0.2, 0.25) is 0 Å². The van der Waals surface area contributed by atoms with Crippen molar-refractivity contribution in [3.05, 3.63) is 49.2 Å². The standard InChI is InChI=1S/C5H7NS.C4H4N2O2/c1-4-3-7-5(2)6-4;7-3-1-2-5-4(8)6-3/h3H,1-2H3;1-2H,(H2,5,6,7,8). The summed E-state index contributed by atoms with van der Waals surface area (Å²) < 4.78 is 0. The highest BCUT2D eigenvalue weighted by molar-refractivity contribution is 7.09. The number of nitrogens with zero attached hydrogens (tertiary/aromatic N) is 1. The lowest BCUT2D eigenvalue weighted by Crippen LogP contribution is -2.19. The number of H-pyrrole nitrogens is 2. The molecule has 5 nitrogen and oxygen atoms in total. The van der Waals surface area contributed by atoms with E-state index in [0.29, 0.717) is 0 Å². The van der Waals surface area contributed by atoms with Crippen LogP contribution in [0.1, 0.15) is 10.7 Å². The predicted molar refractivity (Wildman–Crippen MR) is 59.3 cm³/mol. The monoisotopic (exact) mass is 225 g/mol. The summed E-state index contributed by atoms with van der Waals surface area (Å²) in [7, 11) is 0. The van der Waals surface area contributed by atoms with Gasteiger partial charge in [0.05, 0.1) is 5.01 Å². The third-order valence-electron chi connectivity index (χ3n) is 1.42. The molecule has 0 atom stereocenters. The number of hydrogen-bond donors (Lipinski definition) is 2.